The van der Waals surface area contributed by atoms with Crippen molar-refractivity contribution in [3.8, 4) is 5.75 Å². The molecule has 172 valence electrons. The fourth-order valence-corrected chi connectivity index (χ4v) is 5.12. The average molecular weight is 438 g/mol. The van der Waals surface area contributed by atoms with Gasteiger partial charge in [0.25, 0.3) is 5.69 Å². The van der Waals surface area contributed by atoms with E-state index in [0.29, 0.717) is 6.04 Å². The van der Waals surface area contributed by atoms with E-state index in [1.165, 1.54) is 83.4 Å². The van der Waals surface area contributed by atoms with Gasteiger partial charge in [0.15, 0.2) is 0 Å². The van der Waals surface area contributed by atoms with Gasteiger partial charge in [-0.1, -0.05) is 30.7 Å². The van der Waals surface area contributed by atoms with Gasteiger partial charge < -0.3 is 9.64 Å². The summed E-state index contributed by atoms with van der Waals surface area (Å²) < 4.78 is 6.07. The molecule has 2 aromatic rings. The topological polar surface area (TPSA) is 58.9 Å². The van der Waals surface area contributed by atoms with Crippen LogP contribution >= 0.6 is 0 Å². The van der Waals surface area contributed by atoms with Gasteiger partial charge in [0.05, 0.1) is 11.5 Å². The summed E-state index contributed by atoms with van der Waals surface area (Å²) in [4.78, 5) is 14.8. The van der Waals surface area contributed by atoms with E-state index in [4.69, 9.17) is 4.74 Å². The van der Waals surface area contributed by atoms with Crippen molar-refractivity contribution in [3.63, 3.8) is 0 Å². The lowest BCUT2D eigenvalue weighted by Crippen LogP contribution is -2.31. The van der Waals surface area contributed by atoms with Crippen molar-refractivity contribution in [2.24, 2.45) is 0 Å². The van der Waals surface area contributed by atoms with Crippen molar-refractivity contribution >= 4 is 5.69 Å². The normalized spacial score (nSPS) is 20.6. The number of ether oxygens (including phenoxy) is 1. The zero-order valence-electron chi connectivity index (χ0n) is 19.0. The molecule has 0 saturated carbocycles. The second kappa shape index (κ2) is 11.4. The molecule has 0 spiro atoms. The van der Waals surface area contributed by atoms with E-state index in [0.717, 1.165) is 18.8 Å². The van der Waals surface area contributed by atoms with Crippen LogP contribution in [-0.2, 0) is 6.42 Å². The van der Waals surface area contributed by atoms with E-state index in [2.05, 4.69) is 28.0 Å². The third-order valence-corrected chi connectivity index (χ3v) is 6.81. The Bertz CT molecular complexity index is 868. The first kappa shape index (κ1) is 22.7. The van der Waals surface area contributed by atoms with Gasteiger partial charge in [-0.25, -0.2) is 0 Å². The third kappa shape index (κ3) is 6.08. The molecule has 2 saturated heterocycles. The second-order valence-corrected chi connectivity index (χ2v) is 9.00. The minimum Gasteiger partial charge on any atom is -0.494 e. The van der Waals surface area contributed by atoms with Gasteiger partial charge in [0, 0.05) is 31.3 Å². The number of hydrogen-bond donors (Lipinski definition) is 0. The maximum atomic E-state index is 10.0. The maximum absolute atomic E-state index is 10.0. The molecule has 0 amide bonds. The smallest absolute Gasteiger partial charge is 0.269 e. The molecule has 3 aliphatic rings. The molecular formula is C26H35N3O3. The van der Waals surface area contributed by atoms with Crippen molar-refractivity contribution in [1.29, 1.82) is 0 Å². The molecule has 3 aliphatic heterocycles. The summed E-state index contributed by atoms with van der Waals surface area (Å²) in [6.45, 7) is 7.15. The number of fused-ring (bicyclic) bond motifs is 3. The zero-order chi connectivity index (χ0) is 22.2. The minimum absolute atomic E-state index is 0.137. The monoisotopic (exact) mass is 437 g/mol. The predicted octanol–water partition coefficient (Wildman–Crippen LogP) is 5.23. The van der Waals surface area contributed by atoms with Crippen LogP contribution in [-0.4, -0.2) is 54.1 Å². The van der Waals surface area contributed by atoms with E-state index in [-0.39, 0.29) is 5.69 Å². The summed E-state index contributed by atoms with van der Waals surface area (Å²) in [7, 11) is 0. The van der Waals surface area contributed by atoms with Gasteiger partial charge in [0.1, 0.15) is 5.75 Å². The number of likely N-dealkylation sites (tertiary alicyclic amines) is 1. The maximum Gasteiger partial charge on any atom is 0.269 e. The van der Waals surface area contributed by atoms with Crippen LogP contribution in [0.3, 0.4) is 0 Å². The quantitative estimate of drug-likeness (QED) is 0.352. The zero-order valence-corrected chi connectivity index (χ0v) is 19.0. The number of rotatable bonds is 6. The Labute approximate surface area is 191 Å². The largest absolute Gasteiger partial charge is 0.494 e. The number of nitrogens with zero attached hydrogens (tertiary/aromatic N) is 3. The SMILES string of the molecule is O=[N+]([O-])c1ccccc1.c1cc2c(cc1OCCCN1CCCCC1)C1CCCN1CC2. The van der Waals surface area contributed by atoms with Crippen molar-refractivity contribution in [1.82, 2.24) is 9.80 Å². The van der Waals surface area contributed by atoms with E-state index in [1.807, 2.05) is 0 Å². The highest BCUT2D eigenvalue weighted by Crippen LogP contribution is 2.38. The van der Waals surface area contributed by atoms with Gasteiger partial charge in [-0.15, -0.1) is 0 Å². The summed E-state index contributed by atoms with van der Waals surface area (Å²) in [6.07, 6.45) is 9.21. The Hall–Kier alpha value is -2.44. The molecule has 2 fully saturated rings. The minimum atomic E-state index is -0.417. The van der Waals surface area contributed by atoms with Crippen LogP contribution in [0, 0.1) is 10.1 Å². The van der Waals surface area contributed by atoms with Crippen LogP contribution in [0.15, 0.2) is 48.5 Å². The van der Waals surface area contributed by atoms with Gasteiger partial charge in [0.2, 0.25) is 0 Å². The van der Waals surface area contributed by atoms with Crippen LogP contribution < -0.4 is 4.74 Å². The first-order valence-corrected chi connectivity index (χ1v) is 12.1. The molecule has 1 atom stereocenters. The van der Waals surface area contributed by atoms with Crippen molar-refractivity contribution < 1.29 is 9.66 Å². The summed E-state index contributed by atoms with van der Waals surface area (Å²) >= 11 is 0. The summed E-state index contributed by atoms with van der Waals surface area (Å²) in [5, 5.41) is 10.0. The number of para-hydroxylation sites is 1. The number of hydrogen-bond acceptors (Lipinski definition) is 5. The molecule has 0 aromatic heterocycles. The van der Waals surface area contributed by atoms with Crippen molar-refractivity contribution in [2.45, 2.75) is 51.0 Å². The molecule has 6 nitrogen and oxygen atoms in total. The van der Waals surface area contributed by atoms with Gasteiger partial charge in [-0.05, 0) is 81.4 Å². The lowest BCUT2D eigenvalue weighted by atomic mass is 9.92. The second-order valence-electron chi connectivity index (χ2n) is 9.00. The van der Waals surface area contributed by atoms with E-state index < -0.39 is 4.92 Å². The van der Waals surface area contributed by atoms with E-state index >= 15 is 0 Å². The molecule has 32 heavy (non-hydrogen) atoms. The van der Waals surface area contributed by atoms with Gasteiger partial charge >= 0.3 is 0 Å². The fraction of sp³-hybridized carbons (Fsp3) is 0.538. The first-order valence-electron chi connectivity index (χ1n) is 12.1. The Balaban J connectivity index is 0.000000230. The van der Waals surface area contributed by atoms with Crippen LogP contribution in [0.2, 0.25) is 0 Å². The molecule has 3 heterocycles. The molecule has 0 aliphatic carbocycles. The predicted molar refractivity (Wildman–Crippen MR) is 127 cm³/mol. The molecule has 0 N–H and O–H groups in total. The molecule has 2 aromatic carbocycles. The van der Waals surface area contributed by atoms with E-state index in [9.17, 15) is 10.1 Å². The molecule has 0 radical (unpaired) electrons. The van der Waals surface area contributed by atoms with Gasteiger partial charge in [-0.3, -0.25) is 15.0 Å². The molecular weight excluding hydrogens is 402 g/mol. The summed E-state index contributed by atoms with van der Waals surface area (Å²) in [5.41, 5.74) is 3.23. The number of nitro benzene ring substituents is 1. The highest BCUT2D eigenvalue weighted by molar-refractivity contribution is 5.40. The van der Waals surface area contributed by atoms with Crippen molar-refractivity contribution in [3.05, 3.63) is 69.8 Å². The molecule has 5 rings (SSSR count). The first-order chi connectivity index (χ1) is 15.7. The lowest BCUT2D eigenvalue weighted by molar-refractivity contribution is -0.384. The number of nitro groups is 1. The van der Waals surface area contributed by atoms with Crippen LogP contribution in [0.5, 0.6) is 5.75 Å². The molecule has 0 bridgehead atoms. The summed E-state index contributed by atoms with van der Waals surface area (Å²) in [6, 6.07) is 15.4. The van der Waals surface area contributed by atoms with E-state index in [1.54, 1.807) is 29.3 Å². The van der Waals surface area contributed by atoms with Crippen LogP contribution in [0.25, 0.3) is 0 Å². The molecule has 1 unspecified atom stereocenters. The number of benzene rings is 2. The third-order valence-electron chi connectivity index (χ3n) is 6.81. The Kier molecular flexibility index (Phi) is 8.13. The standard InChI is InChI=1S/C20H30N2O.C6H5NO2/c1-2-10-21(11-3-1)12-5-15-23-18-8-7-17-9-14-22-13-4-6-20(22)19(17)16-18;8-7(9)6-4-2-1-3-5-6/h7-8,16,20H,1-6,9-15H2;1-5H. The summed E-state index contributed by atoms with van der Waals surface area (Å²) in [5.74, 6) is 1.08. The number of piperidine rings is 1. The van der Waals surface area contributed by atoms with Gasteiger partial charge in [-0.2, -0.15) is 0 Å². The fourth-order valence-electron chi connectivity index (χ4n) is 5.12. The number of non-ortho nitro benzene ring substituents is 1. The highest BCUT2D eigenvalue weighted by atomic mass is 16.6. The van der Waals surface area contributed by atoms with Crippen molar-refractivity contribution in [2.75, 3.05) is 39.3 Å². The Morgan fingerprint density at radius 1 is 0.969 bits per heavy atom. The Morgan fingerprint density at radius 3 is 2.53 bits per heavy atom. The molecule has 6 heteroatoms. The van der Waals surface area contributed by atoms with Crippen LogP contribution in [0.1, 0.15) is 55.7 Å². The Morgan fingerprint density at radius 2 is 1.78 bits per heavy atom. The van der Waals surface area contributed by atoms with Crippen LogP contribution in [0.4, 0.5) is 5.69 Å². The lowest BCUT2D eigenvalue weighted by Gasteiger charge is -2.32. The highest BCUT2D eigenvalue weighted by Gasteiger charge is 2.31. The average Bonchev–Trinajstić information content (AvgIpc) is 3.33.